The van der Waals surface area contributed by atoms with Gasteiger partial charge in [-0.05, 0) is 74.8 Å². The molecule has 26 heavy (non-hydrogen) atoms. The molecule has 2 amide bonds. The highest BCUT2D eigenvalue weighted by Gasteiger charge is 2.32. The van der Waals surface area contributed by atoms with E-state index in [-0.39, 0.29) is 22.1 Å². The average molecular weight is 369 g/mol. The maximum atomic E-state index is 12.4. The highest BCUT2D eigenvalue weighted by molar-refractivity contribution is 7.80. The van der Waals surface area contributed by atoms with Gasteiger partial charge in [0.15, 0.2) is 5.11 Å². The van der Waals surface area contributed by atoms with E-state index in [0.29, 0.717) is 0 Å². The molecule has 1 fully saturated rings. The van der Waals surface area contributed by atoms with Crippen LogP contribution in [0.3, 0.4) is 0 Å². The SMILES string of the molecule is CC1=CC(C)(C)N(C)c2cc(C)c(/C=C3/C(=O)NC(=S)N(C)C3=O)cc21. The summed E-state index contributed by atoms with van der Waals surface area (Å²) >= 11 is 4.99. The first kappa shape index (κ1) is 18.3. The van der Waals surface area contributed by atoms with Gasteiger partial charge in [-0.15, -0.1) is 0 Å². The summed E-state index contributed by atoms with van der Waals surface area (Å²) in [6.07, 6.45) is 3.88. The number of nitrogens with zero attached hydrogens (tertiary/aromatic N) is 2. The standard InChI is InChI=1S/C20H23N3O2S/c1-11-7-16-14(12(2)10-20(3,4)23(16)6)8-13(11)9-15-17(24)21-19(26)22(5)18(15)25/h7-10H,1-6H3,(H,21,24,26)/b15-9-. The highest BCUT2D eigenvalue weighted by atomic mass is 32.1. The summed E-state index contributed by atoms with van der Waals surface area (Å²) in [5.74, 6) is -0.845. The lowest BCUT2D eigenvalue weighted by Crippen LogP contribution is -2.52. The van der Waals surface area contributed by atoms with E-state index >= 15 is 0 Å². The molecule has 2 aliphatic heterocycles. The molecule has 1 N–H and O–H groups in total. The molecule has 2 heterocycles. The minimum Gasteiger partial charge on any atom is -0.365 e. The first-order chi connectivity index (χ1) is 12.0. The number of aryl methyl sites for hydroxylation is 1. The van der Waals surface area contributed by atoms with Crippen LogP contribution in [0.5, 0.6) is 0 Å². The second-order valence-corrected chi connectivity index (χ2v) is 7.83. The van der Waals surface area contributed by atoms with Crippen LogP contribution in [0.4, 0.5) is 5.69 Å². The minimum atomic E-state index is -0.458. The van der Waals surface area contributed by atoms with E-state index in [0.717, 1.165) is 22.4 Å². The van der Waals surface area contributed by atoms with E-state index in [1.165, 1.54) is 10.5 Å². The van der Waals surface area contributed by atoms with E-state index in [1.807, 2.05) is 13.0 Å². The van der Waals surface area contributed by atoms with Crippen molar-refractivity contribution in [1.82, 2.24) is 10.2 Å². The predicted molar refractivity (Wildman–Crippen MR) is 109 cm³/mol. The van der Waals surface area contributed by atoms with Crippen LogP contribution < -0.4 is 10.2 Å². The lowest BCUT2D eigenvalue weighted by Gasteiger charge is -2.41. The van der Waals surface area contributed by atoms with Crippen molar-refractivity contribution >= 4 is 46.5 Å². The summed E-state index contributed by atoms with van der Waals surface area (Å²) in [6, 6.07) is 4.16. The second-order valence-electron chi connectivity index (χ2n) is 7.45. The summed E-state index contributed by atoms with van der Waals surface area (Å²) in [5, 5.41) is 2.67. The highest BCUT2D eigenvalue weighted by Crippen LogP contribution is 2.39. The fraction of sp³-hybridized carbons (Fsp3) is 0.350. The van der Waals surface area contributed by atoms with E-state index in [2.05, 4.69) is 50.2 Å². The number of nitrogens with one attached hydrogen (secondary N) is 1. The predicted octanol–water partition coefficient (Wildman–Crippen LogP) is 2.88. The normalized spacial score (nSPS) is 20.9. The number of hydrogen-bond acceptors (Lipinski definition) is 4. The summed E-state index contributed by atoms with van der Waals surface area (Å²) in [5.41, 5.74) is 5.32. The molecule has 0 atom stereocenters. The van der Waals surface area contributed by atoms with Crippen molar-refractivity contribution in [3.8, 4) is 0 Å². The molecule has 0 saturated carbocycles. The van der Waals surface area contributed by atoms with Crippen LogP contribution in [-0.4, -0.2) is 41.5 Å². The Bertz CT molecular complexity index is 912. The molecule has 0 aliphatic carbocycles. The Morgan fingerprint density at radius 1 is 1.15 bits per heavy atom. The van der Waals surface area contributed by atoms with Crippen molar-refractivity contribution in [3.63, 3.8) is 0 Å². The van der Waals surface area contributed by atoms with E-state index < -0.39 is 5.91 Å². The molecule has 0 spiro atoms. The van der Waals surface area contributed by atoms with Crippen molar-refractivity contribution in [1.29, 1.82) is 0 Å². The number of hydrogen-bond donors (Lipinski definition) is 1. The van der Waals surface area contributed by atoms with Crippen molar-refractivity contribution < 1.29 is 9.59 Å². The van der Waals surface area contributed by atoms with Crippen molar-refractivity contribution in [2.45, 2.75) is 33.2 Å². The van der Waals surface area contributed by atoms with Gasteiger partial charge in [-0.2, -0.15) is 0 Å². The number of carbonyl (C=O) groups is 2. The fourth-order valence-electron chi connectivity index (χ4n) is 3.37. The van der Waals surface area contributed by atoms with Gasteiger partial charge >= 0.3 is 0 Å². The lowest BCUT2D eigenvalue weighted by atomic mass is 9.87. The van der Waals surface area contributed by atoms with Crippen LogP contribution in [0, 0.1) is 6.92 Å². The maximum Gasteiger partial charge on any atom is 0.265 e. The molecule has 0 radical (unpaired) electrons. The van der Waals surface area contributed by atoms with Gasteiger partial charge in [0.05, 0.1) is 5.54 Å². The molecule has 136 valence electrons. The third-order valence-electron chi connectivity index (χ3n) is 5.21. The number of likely N-dealkylation sites (N-methyl/N-ethyl adjacent to an activating group) is 2. The molecule has 2 aliphatic rings. The maximum absolute atomic E-state index is 12.4. The van der Waals surface area contributed by atoms with Gasteiger partial charge < -0.3 is 4.90 Å². The van der Waals surface area contributed by atoms with Crippen molar-refractivity contribution in [3.05, 3.63) is 40.5 Å². The van der Waals surface area contributed by atoms with Crippen LogP contribution in [0.1, 0.15) is 37.5 Å². The first-order valence-electron chi connectivity index (χ1n) is 8.46. The number of fused-ring (bicyclic) bond motifs is 1. The third-order valence-corrected chi connectivity index (χ3v) is 5.59. The zero-order chi connectivity index (χ0) is 19.4. The first-order valence-corrected chi connectivity index (χ1v) is 8.87. The number of amides is 2. The summed E-state index contributed by atoms with van der Waals surface area (Å²) in [4.78, 5) is 28.2. The number of anilines is 1. The quantitative estimate of drug-likeness (QED) is 0.470. The smallest absolute Gasteiger partial charge is 0.265 e. The zero-order valence-corrected chi connectivity index (χ0v) is 16.7. The monoisotopic (exact) mass is 369 g/mol. The molecule has 0 unspecified atom stereocenters. The van der Waals surface area contributed by atoms with Crippen molar-refractivity contribution in [2.24, 2.45) is 0 Å². The Labute approximate surface area is 159 Å². The fourth-order valence-corrected chi connectivity index (χ4v) is 3.55. The van der Waals surface area contributed by atoms with Gasteiger partial charge in [0, 0.05) is 25.3 Å². The topological polar surface area (TPSA) is 52.7 Å². The molecule has 5 nitrogen and oxygen atoms in total. The molecule has 6 heteroatoms. The molecule has 3 rings (SSSR count). The van der Waals surface area contributed by atoms with Gasteiger partial charge in [-0.3, -0.25) is 19.8 Å². The van der Waals surface area contributed by atoms with Crippen molar-refractivity contribution in [2.75, 3.05) is 19.0 Å². The zero-order valence-electron chi connectivity index (χ0n) is 15.9. The van der Waals surface area contributed by atoms with E-state index in [4.69, 9.17) is 12.2 Å². The second kappa shape index (κ2) is 6.06. The average Bonchev–Trinajstić information content (AvgIpc) is 2.55. The van der Waals surface area contributed by atoms with E-state index in [1.54, 1.807) is 13.1 Å². The van der Waals surface area contributed by atoms with Gasteiger partial charge in [0.2, 0.25) is 0 Å². The van der Waals surface area contributed by atoms with Gasteiger partial charge in [0.1, 0.15) is 5.57 Å². The number of benzene rings is 1. The largest absolute Gasteiger partial charge is 0.365 e. The van der Waals surface area contributed by atoms with Gasteiger partial charge in [-0.1, -0.05) is 6.08 Å². The Hall–Kier alpha value is -2.47. The molecular formula is C20H23N3O2S. The van der Waals surface area contributed by atoms with Crippen LogP contribution in [0.2, 0.25) is 0 Å². The summed E-state index contributed by atoms with van der Waals surface area (Å²) in [6.45, 7) is 8.42. The van der Waals surface area contributed by atoms with Crippen LogP contribution in [-0.2, 0) is 9.59 Å². The number of carbonyl (C=O) groups excluding carboxylic acids is 2. The Kier molecular flexibility index (Phi) is 4.27. The van der Waals surface area contributed by atoms with Gasteiger partial charge in [0.25, 0.3) is 11.8 Å². The van der Waals surface area contributed by atoms with Gasteiger partial charge in [-0.25, -0.2) is 0 Å². The molecule has 1 aromatic rings. The minimum absolute atomic E-state index is 0.0683. The molecule has 0 bridgehead atoms. The third kappa shape index (κ3) is 2.84. The Morgan fingerprint density at radius 2 is 1.81 bits per heavy atom. The Balaban J connectivity index is 2.12. The summed E-state index contributed by atoms with van der Waals surface area (Å²) < 4.78 is 0. The van der Waals surface area contributed by atoms with Crippen LogP contribution >= 0.6 is 12.2 Å². The molecular weight excluding hydrogens is 346 g/mol. The number of rotatable bonds is 1. The molecule has 0 aromatic heterocycles. The number of allylic oxidation sites excluding steroid dienone is 1. The number of thiocarbonyl (C=S) groups is 1. The lowest BCUT2D eigenvalue weighted by molar-refractivity contribution is -0.128. The summed E-state index contributed by atoms with van der Waals surface area (Å²) in [7, 11) is 3.63. The van der Waals surface area contributed by atoms with E-state index in [9.17, 15) is 9.59 Å². The molecule has 1 aromatic carbocycles. The Morgan fingerprint density at radius 3 is 2.46 bits per heavy atom. The van der Waals surface area contributed by atoms with Crippen LogP contribution in [0.15, 0.2) is 23.8 Å². The van der Waals surface area contributed by atoms with Crippen LogP contribution in [0.25, 0.3) is 11.6 Å². The molecule has 1 saturated heterocycles.